The topological polar surface area (TPSA) is 125 Å². The van der Waals surface area contributed by atoms with Gasteiger partial charge in [0.1, 0.15) is 11.9 Å². The summed E-state index contributed by atoms with van der Waals surface area (Å²) in [6.07, 6.45) is 1.87. The number of sulfonamides is 1. The van der Waals surface area contributed by atoms with E-state index in [1.807, 2.05) is 6.92 Å². The lowest BCUT2D eigenvalue weighted by atomic mass is 10.1. The van der Waals surface area contributed by atoms with E-state index in [9.17, 15) is 18.0 Å². The van der Waals surface area contributed by atoms with Crippen LogP contribution in [-0.4, -0.2) is 43.3 Å². The van der Waals surface area contributed by atoms with Crippen LogP contribution in [0.25, 0.3) is 0 Å². The molecule has 0 spiro atoms. The maximum Gasteiger partial charge on any atom is 0.326 e. The molecule has 0 aliphatic carbocycles. The largest absolute Gasteiger partial charge is 0.480 e. The van der Waals surface area contributed by atoms with Crippen molar-refractivity contribution in [2.24, 2.45) is 4.99 Å². The number of fused-ring (bicyclic) bond motifs is 1. The van der Waals surface area contributed by atoms with Gasteiger partial charge in [-0.15, -0.1) is 0 Å². The van der Waals surface area contributed by atoms with E-state index < -0.39 is 34.0 Å². The summed E-state index contributed by atoms with van der Waals surface area (Å²) in [6, 6.07) is 5.03. The van der Waals surface area contributed by atoms with Crippen LogP contribution in [0.4, 0.5) is 0 Å². The molecule has 2 unspecified atom stereocenters. The number of benzene rings is 1. The lowest BCUT2D eigenvalue weighted by Crippen LogP contribution is -2.41. The maximum absolute atomic E-state index is 12.1. The van der Waals surface area contributed by atoms with Gasteiger partial charge in [-0.25, -0.2) is 13.2 Å². The zero-order valence-corrected chi connectivity index (χ0v) is 15.5. The zero-order valence-electron chi connectivity index (χ0n) is 14.7. The number of carboxylic acids is 1. The van der Waals surface area contributed by atoms with Crippen LogP contribution in [0.2, 0.25) is 0 Å². The van der Waals surface area contributed by atoms with Gasteiger partial charge >= 0.3 is 5.97 Å². The highest BCUT2D eigenvalue weighted by Gasteiger charge is 2.30. The Balaban J connectivity index is 2.04. The molecule has 0 bridgehead atoms. The normalized spacial score (nSPS) is 18.6. The molecule has 1 heterocycles. The second-order valence-corrected chi connectivity index (χ2v) is 7.88. The van der Waals surface area contributed by atoms with Gasteiger partial charge < -0.3 is 10.4 Å². The number of aliphatic carboxylic acids is 1. The molecule has 142 valence electrons. The average molecular weight is 381 g/mol. The highest BCUT2D eigenvalue weighted by molar-refractivity contribution is 7.90. The van der Waals surface area contributed by atoms with E-state index in [1.54, 1.807) is 25.1 Å². The van der Waals surface area contributed by atoms with E-state index in [4.69, 9.17) is 5.11 Å². The standard InChI is InChI=1S/C17H23N3O5S/c1-3-4-8-13(17(22)23)19-15(21)10-11(2)18-16-12-7-5-6-9-14(12)26(24,25)20-16/h5-7,9,11,13H,3-4,8,10H2,1-2H3,(H,18,20)(H,19,21)(H,22,23). The Morgan fingerprint density at radius 2 is 2.00 bits per heavy atom. The molecule has 2 rings (SSSR count). The van der Waals surface area contributed by atoms with E-state index >= 15 is 0 Å². The van der Waals surface area contributed by atoms with Crippen molar-refractivity contribution in [2.45, 2.75) is 56.5 Å². The Morgan fingerprint density at radius 1 is 1.31 bits per heavy atom. The fourth-order valence-electron chi connectivity index (χ4n) is 2.68. The van der Waals surface area contributed by atoms with Crippen molar-refractivity contribution in [2.75, 3.05) is 0 Å². The summed E-state index contributed by atoms with van der Waals surface area (Å²) in [5.74, 6) is -1.30. The van der Waals surface area contributed by atoms with Gasteiger partial charge in [0.05, 0.1) is 10.9 Å². The fourth-order valence-corrected chi connectivity index (χ4v) is 3.92. The van der Waals surface area contributed by atoms with Crippen molar-refractivity contribution in [3.05, 3.63) is 29.8 Å². The van der Waals surface area contributed by atoms with Gasteiger partial charge in [-0.1, -0.05) is 31.9 Å². The highest BCUT2D eigenvalue weighted by Crippen LogP contribution is 2.22. The van der Waals surface area contributed by atoms with E-state index in [0.717, 1.165) is 6.42 Å². The van der Waals surface area contributed by atoms with Gasteiger partial charge in [-0.05, 0) is 25.5 Å². The van der Waals surface area contributed by atoms with Gasteiger partial charge in [-0.2, -0.15) is 0 Å². The smallest absolute Gasteiger partial charge is 0.326 e. The van der Waals surface area contributed by atoms with Gasteiger partial charge in [0.2, 0.25) is 5.91 Å². The third-order valence-corrected chi connectivity index (χ3v) is 5.37. The molecule has 3 N–H and O–H groups in total. The number of aliphatic imine (C=N–C) groups is 1. The highest BCUT2D eigenvalue weighted by atomic mass is 32.2. The van der Waals surface area contributed by atoms with Crippen molar-refractivity contribution in [3.8, 4) is 0 Å². The van der Waals surface area contributed by atoms with Gasteiger partial charge in [-0.3, -0.25) is 14.5 Å². The molecular weight excluding hydrogens is 358 g/mol. The van der Waals surface area contributed by atoms with Crippen molar-refractivity contribution in [1.82, 2.24) is 10.0 Å². The van der Waals surface area contributed by atoms with Crippen LogP contribution >= 0.6 is 0 Å². The van der Waals surface area contributed by atoms with Crippen LogP contribution in [0, 0.1) is 0 Å². The van der Waals surface area contributed by atoms with E-state index in [-0.39, 0.29) is 17.2 Å². The third-order valence-electron chi connectivity index (χ3n) is 3.97. The van der Waals surface area contributed by atoms with E-state index in [1.165, 1.54) is 6.07 Å². The molecule has 1 aliphatic rings. The summed E-state index contributed by atoms with van der Waals surface area (Å²) in [4.78, 5) is 27.7. The predicted molar refractivity (Wildman–Crippen MR) is 96.5 cm³/mol. The van der Waals surface area contributed by atoms with Crippen LogP contribution in [0.1, 0.15) is 45.1 Å². The Hall–Kier alpha value is -2.42. The van der Waals surface area contributed by atoms with Gasteiger partial charge in [0.15, 0.2) is 0 Å². The minimum Gasteiger partial charge on any atom is -0.480 e. The molecule has 1 aromatic carbocycles. The number of amidine groups is 1. The van der Waals surface area contributed by atoms with Crippen LogP contribution in [0.3, 0.4) is 0 Å². The monoisotopic (exact) mass is 381 g/mol. The van der Waals surface area contributed by atoms with Crippen molar-refractivity contribution < 1.29 is 23.1 Å². The lowest BCUT2D eigenvalue weighted by Gasteiger charge is -2.15. The summed E-state index contributed by atoms with van der Waals surface area (Å²) in [6.45, 7) is 3.61. The molecule has 9 heteroatoms. The molecule has 1 aliphatic heterocycles. The van der Waals surface area contributed by atoms with Gasteiger partial charge in [0, 0.05) is 12.0 Å². The Kier molecular flexibility index (Phi) is 6.36. The second-order valence-electron chi connectivity index (χ2n) is 6.23. The molecule has 8 nitrogen and oxygen atoms in total. The second kappa shape index (κ2) is 8.31. The molecule has 0 aromatic heterocycles. The first-order chi connectivity index (χ1) is 12.2. The zero-order chi connectivity index (χ0) is 19.3. The van der Waals surface area contributed by atoms with Crippen LogP contribution in [0.5, 0.6) is 0 Å². The fraction of sp³-hybridized carbons (Fsp3) is 0.471. The molecule has 26 heavy (non-hydrogen) atoms. The molecule has 0 radical (unpaired) electrons. The summed E-state index contributed by atoms with van der Waals surface area (Å²) in [5.41, 5.74) is 0.464. The molecule has 1 aromatic rings. The van der Waals surface area contributed by atoms with Crippen LogP contribution in [-0.2, 0) is 19.6 Å². The molecule has 2 atom stereocenters. The lowest BCUT2D eigenvalue weighted by molar-refractivity contribution is -0.142. The molecular formula is C17H23N3O5S. The number of carbonyl (C=O) groups is 2. The first-order valence-electron chi connectivity index (χ1n) is 8.46. The van der Waals surface area contributed by atoms with E-state index in [2.05, 4.69) is 15.0 Å². The number of hydrogen-bond donors (Lipinski definition) is 3. The van der Waals surface area contributed by atoms with Crippen LogP contribution < -0.4 is 10.0 Å². The number of carbonyl (C=O) groups excluding carboxylic acids is 1. The van der Waals surface area contributed by atoms with Crippen LogP contribution in [0.15, 0.2) is 34.2 Å². The summed E-state index contributed by atoms with van der Waals surface area (Å²) < 4.78 is 26.5. The quantitative estimate of drug-likeness (QED) is 0.625. The number of amides is 1. The van der Waals surface area contributed by atoms with E-state index in [0.29, 0.717) is 18.4 Å². The van der Waals surface area contributed by atoms with Crippen molar-refractivity contribution in [1.29, 1.82) is 0 Å². The minimum atomic E-state index is -3.63. The molecule has 1 amide bonds. The van der Waals surface area contributed by atoms with Gasteiger partial charge in [0.25, 0.3) is 10.0 Å². The average Bonchev–Trinajstić information content (AvgIpc) is 2.82. The summed E-state index contributed by atoms with van der Waals surface area (Å²) >= 11 is 0. The molecule has 0 saturated heterocycles. The summed E-state index contributed by atoms with van der Waals surface area (Å²) in [7, 11) is -3.63. The molecule has 0 fully saturated rings. The maximum atomic E-state index is 12.1. The number of nitrogens with one attached hydrogen (secondary N) is 2. The Bertz CT molecular complexity index is 819. The third kappa shape index (κ3) is 4.81. The predicted octanol–water partition coefficient (Wildman–Crippen LogP) is 1.26. The minimum absolute atomic E-state index is 0.0384. The first kappa shape index (κ1) is 19.9. The summed E-state index contributed by atoms with van der Waals surface area (Å²) in [5, 5.41) is 11.7. The molecule has 0 saturated carbocycles. The number of nitrogens with zero attached hydrogens (tertiary/aromatic N) is 1. The number of unbranched alkanes of at least 4 members (excludes halogenated alkanes) is 1. The number of carboxylic acid groups (broad SMARTS) is 1. The number of rotatable bonds is 8. The van der Waals surface area contributed by atoms with Crippen molar-refractivity contribution >= 4 is 27.7 Å². The number of hydrogen-bond acceptors (Lipinski definition) is 5. The Morgan fingerprint density at radius 3 is 2.65 bits per heavy atom. The van der Waals surface area contributed by atoms with Crippen molar-refractivity contribution in [3.63, 3.8) is 0 Å². The first-order valence-corrected chi connectivity index (χ1v) is 9.95. The SMILES string of the molecule is CCCCC(NC(=O)CC(C)N=C1NS(=O)(=O)c2ccccc21)C(=O)O. The Labute approximate surface area is 152 Å².